The van der Waals surface area contributed by atoms with E-state index in [-0.39, 0.29) is 11.9 Å². The van der Waals surface area contributed by atoms with Crippen molar-refractivity contribution < 1.29 is 18.6 Å². The molecule has 6 heteroatoms. The van der Waals surface area contributed by atoms with E-state index < -0.39 is 0 Å². The van der Waals surface area contributed by atoms with Crippen LogP contribution in [0.2, 0.25) is 0 Å². The van der Waals surface area contributed by atoms with E-state index in [1.165, 1.54) is 24.2 Å². The van der Waals surface area contributed by atoms with Crippen LogP contribution in [0, 0.1) is 13.8 Å². The highest BCUT2D eigenvalue weighted by Gasteiger charge is 2.29. The van der Waals surface area contributed by atoms with Gasteiger partial charge in [0.2, 0.25) is 0 Å². The van der Waals surface area contributed by atoms with Crippen LogP contribution in [0.15, 0.2) is 27.3 Å². The molecule has 0 radical (unpaired) electrons. The van der Waals surface area contributed by atoms with Gasteiger partial charge in [-0.3, -0.25) is 4.79 Å². The zero-order chi connectivity index (χ0) is 16.2. The van der Waals surface area contributed by atoms with Crippen molar-refractivity contribution in [2.45, 2.75) is 39.2 Å². The molecule has 0 aliphatic carbocycles. The van der Waals surface area contributed by atoms with Gasteiger partial charge in [-0.25, -0.2) is 0 Å². The zero-order valence-corrected chi connectivity index (χ0v) is 13.7. The van der Waals surface area contributed by atoms with E-state index in [4.69, 9.17) is 8.94 Å². The number of amides is 1. The molecule has 1 amide bonds. The van der Waals surface area contributed by atoms with Gasteiger partial charge in [-0.15, -0.1) is 0 Å². The first-order valence-electron chi connectivity index (χ1n) is 8.26. The molecule has 2 aromatic heterocycles. The molecule has 0 saturated carbocycles. The van der Waals surface area contributed by atoms with Crippen molar-refractivity contribution in [3.8, 4) is 0 Å². The highest BCUT2D eigenvalue weighted by Crippen LogP contribution is 2.14. The molecule has 3 rings (SSSR count). The standard InChI is InChI=1S/C17H23N3O3/c1-12-16(13(2)23-19-12)17(21)18-11-14(15-7-6-10-22-15)20-8-4-3-5-9-20/h6-7,10,14H,3-5,8-9,11H2,1-2H3,(H,18,21)/p+1/t14-/m0/s1. The third-order valence-electron chi connectivity index (χ3n) is 4.60. The molecule has 1 saturated heterocycles. The van der Waals surface area contributed by atoms with Crippen LogP contribution in [-0.4, -0.2) is 30.7 Å². The molecule has 2 N–H and O–H groups in total. The quantitative estimate of drug-likeness (QED) is 0.874. The molecule has 0 unspecified atom stereocenters. The van der Waals surface area contributed by atoms with E-state index in [0.29, 0.717) is 23.6 Å². The minimum absolute atomic E-state index is 0.130. The van der Waals surface area contributed by atoms with E-state index in [1.54, 1.807) is 20.1 Å². The third-order valence-corrected chi connectivity index (χ3v) is 4.60. The lowest BCUT2D eigenvalue weighted by atomic mass is 10.1. The Balaban J connectivity index is 1.70. The van der Waals surface area contributed by atoms with Crippen molar-refractivity contribution in [3.63, 3.8) is 0 Å². The third kappa shape index (κ3) is 3.47. The van der Waals surface area contributed by atoms with Crippen LogP contribution >= 0.6 is 0 Å². The number of aryl methyl sites for hydroxylation is 2. The van der Waals surface area contributed by atoms with Crippen LogP contribution in [0.3, 0.4) is 0 Å². The highest BCUT2D eigenvalue weighted by molar-refractivity contribution is 5.96. The first-order valence-corrected chi connectivity index (χ1v) is 8.26. The van der Waals surface area contributed by atoms with E-state index in [1.807, 2.05) is 12.1 Å². The molecule has 2 aromatic rings. The van der Waals surface area contributed by atoms with Crippen LogP contribution in [0.5, 0.6) is 0 Å². The molecule has 0 aromatic carbocycles. The summed E-state index contributed by atoms with van der Waals surface area (Å²) in [6, 6.07) is 4.05. The monoisotopic (exact) mass is 318 g/mol. The lowest BCUT2D eigenvalue weighted by Gasteiger charge is -2.30. The van der Waals surface area contributed by atoms with Gasteiger partial charge in [-0.1, -0.05) is 5.16 Å². The van der Waals surface area contributed by atoms with E-state index in [0.717, 1.165) is 18.8 Å². The number of hydrogen-bond donors (Lipinski definition) is 2. The molecule has 1 fully saturated rings. The minimum Gasteiger partial charge on any atom is -0.463 e. The summed E-state index contributed by atoms with van der Waals surface area (Å²) in [4.78, 5) is 13.9. The average Bonchev–Trinajstić information content (AvgIpc) is 3.19. The van der Waals surface area contributed by atoms with Gasteiger partial charge in [0.1, 0.15) is 11.3 Å². The number of aromatic nitrogens is 1. The maximum Gasteiger partial charge on any atom is 0.257 e. The normalized spacial score (nSPS) is 17.1. The smallest absolute Gasteiger partial charge is 0.257 e. The van der Waals surface area contributed by atoms with E-state index >= 15 is 0 Å². The summed E-state index contributed by atoms with van der Waals surface area (Å²) in [6.07, 6.45) is 5.44. The molecular formula is C17H24N3O3+. The average molecular weight is 318 g/mol. The summed E-state index contributed by atoms with van der Waals surface area (Å²) in [5.41, 5.74) is 1.16. The lowest BCUT2D eigenvalue weighted by Crippen LogP contribution is -3.13. The number of piperidine rings is 1. The predicted molar refractivity (Wildman–Crippen MR) is 84.3 cm³/mol. The number of carbonyl (C=O) groups is 1. The first-order chi connectivity index (χ1) is 11.2. The fraction of sp³-hybridized carbons (Fsp3) is 0.529. The largest absolute Gasteiger partial charge is 0.463 e. The second-order valence-corrected chi connectivity index (χ2v) is 6.20. The number of carbonyl (C=O) groups excluding carboxylic acids is 1. The molecule has 0 bridgehead atoms. The summed E-state index contributed by atoms with van der Waals surface area (Å²) in [6.45, 7) is 6.32. The Hall–Kier alpha value is -2.08. The van der Waals surface area contributed by atoms with Crippen molar-refractivity contribution in [2.24, 2.45) is 0 Å². The molecule has 1 aliphatic heterocycles. The SMILES string of the molecule is Cc1noc(C)c1C(=O)NC[C@@H](c1ccco1)[NH+]1CCCCC1. The number of nitrogens with zero attached hydrogens (tertiary/aromatic N) is 1. The van der Waals surface area contributed by atoms with Crippen molar-refractivity contribution in [1.82, 2.24) is 10.5 Å². The summed E-state index contributed by atoms with van der Waals surface area (Å²) in [7, 11) is 0. The van der Waals surface area contributed by atoms with Crippen molar-refractivity contribution in [1.29, 1.82) is 0 Å². The number of quaternary nitrogens is 1. The fourth-order valence-electron chi connectivity index (χ4n) is 3.38. The van der Waals surface area contributed by atoms with Gasteiger partial charge in [-0.2, -0.15) is 0 Å². The van der Waals surface area contributed by atoms with Gasteiger partial charge in [-0.05, 0) is 45.2 Å². The molecule has 1 atom stereocenters. The van der Waals surface area contributed by atoms with Crippen LogP contribution in [-0.2, 0) is 0 Å². The van der Waals surface area contributed by atoms with Gasteiger partial charge < -0.3 is 19.2 Å². The summed E-state index contributed by atoms with van der Waals surface area (Å²) in [5.74, 6) is 1.36. The zero-order valence-electron chi connectivity index (χ0n) is 13.7. The molecule has 124 valence electrons. The minimum atomic E-state index is -0.130. The number of rotatable bonds is 5. The maximum atomic E-state index is 12.5. The van der Waals surface area contributed by atoms with Gasteiger partial charge >= 0.3 is 0 Å². The van der Waals surface area contributed by atoms with Crippen LogP contribution in [0.25, 0.3) is 0 Å². The highest BCUT2D eigenvalue weighted by atomic mass is 16.5. The Morgan fingerprint density at radius 3 is 2.74 bits per heavy atom. The molecule has 1 aliphatic rings. The Morgan fingerprint density at radius 2 is 2.13 bits per heavy atom. The Morgan fingerprint density at radius 1 is 1.35 bits per heavy atom. The van der Waals surface area contributed by atoms with Crippen molar-refractivity contribution in [2.75, 3.05) is 19.6 Å². The number of nitrogens with one attached hydrogen (secondary N) is 2. The van der Waals surface area contributed by atoms with Crippen LogP contribution in [0.4, 0.5) is 0 Å². The van der Waals surface area contributed by atoms with Gasteiger partial charge in [0.05, 0.1) is 31.6 Å². The lowest BCUT2D eigenvalue weighted by molar-refractivity contribution is -0.936. The van der Waals surface area contributed by atoms with Crippen molar-refractivity contribution >= 4 is 5.91 Å². The second-order valence-electron chi connectivity index (χ2n) is 6.20. The summed E-state index contributed by atoms with van der Waals surface area (Å²) >= 11 is 0. The van der Waals surface area contributed by atoms with Crippen LogP contribution < -0.4 is 10.2 Å². The van der Waals surface area contributed by atoms with Gasteiger partial charge in [0, 0.05) is 0 Å². The van der Waals surface area contributed by atoms with Gasteiger partial charge in [0.25, 0.3) is 5.91 Å². The van der Waals surface area contributed by atoms with E-state index in [9.17, 15) is 4.79 Å². The summed E-state index contributed by atoms with van der Waals surface area (Å²) in [5, 5.41) is 6.88. The fourth-order valence-corrected chi connectivity index (χ4v) is 3.38. The molecule has 3 heterocycles. The topological polar surface area (TPSA) is 72.7 Å². The Labute approximate surface area is 135 Å². The second kappa shape index (κ2) is 7.00. The molecule has 23 heavy (non-hydrogen) atoms. The molecule has 0 spiro atoms. The Bertz CT molecular complexity index is 623. The maximum absolute atomic E-state index is 12.5. The van der Waals surface area contributed by atoms with Crippen LogP contribution in [0.1, 0.15) is 52.9 Å². The predicted octanol–water partition coefficient (Wildman–Crippen LogP) is 1.42. The first kappa shape index (κ1) is 15.8. The van der Waals surface area contributed by atoms with Gasteiger partial charge in [0.15, 0.2) is 11.8 Å². The van der Waals surface area contributed by atoms with Crippen molar-refractivity contribution in [3.05, 3.63) is 41.2 Å². The Kier molecular flexibility index (Phi) is 4.81. The number of furan rings is 1. The summed E-state index contributed by atoms with van der Waals surface area (Å²) < 4.78 is 10.7. The number of likely N-dealkylation sites (tertiary alicyclic amines) is 1. The number of hydrogen-bond acceptors (Lipinski definition) is 4. The molecular weight excluding hydrogens is 294 g/mol. The van der Waals surface area contributed by atoms with E-state index in [2.05, 4.69) is 10.5 Å². The molecule has 6 nitrogen and oxygen atoms in total.